The van der Waals surface area contributed by atoms with Gasteiger partial charge in [0.25, 0.3) is 0 Å². The minimum atomic E-state index is -0.824. The molecule has 0 spiro atoms. The first-order valence-electron chi connectivity index (χ1n) is 12.4. The molecule has 2 aliphatic rings. The normalized spacial score (nSPS) is 21.4. The van der Waals surface area contributed by atoms with Crippen LogP contribution in [0.4, 0.5) is 5.69 Å². The quantitative estimate of drug-likeness (QED) is 0.386. The molecular formula is C28H34N4O3. The van der Waals surface area contributed by atoms with Gasteiger partial charge in [-0.1, -0.05) is 55.7 Å². The number of amides is 3. The molecule has 1 aliphatic carbocycles. The zero-order valence-electron chi connectivity index (χ0n) is 20.9. The minimum absolute atomic E-state index is 0.142. The summed E-state index contributed by atoms with van der Waals surface area (Å²) in [6, 6.07) is 15.0. The zero-order valence-corrected chi connectivity index (χ0v) is 20.9. The lowest BCUT2D eigenvalue weighted by Gasteiger charge is -2.36. The number of fused-ring (bicyclic) bond motifs is 1. The number of likely N-dealkylation sites (N-methyl/N-ethyl adjacent to an activating group) is 1. The Kier molecular flexibility index (Phi) is 7.05. The van der Waals surface area contributed by atoms with Gasteiger partial charge in [-0.25, -0.2) is 5.43 Å². The predicted octanol–water partition coefficient (Wildman–Crippen LogP) is 4.22. The Balaban J connectivity index is 1.49. The molecule has 1 fully saturated rings. The van der Waals surface area contributed by atoms with E-state index in [1.54, 1.807) is 11.8 Å². The molecule has 2 aromatic carbocycles. The lowest BCUT2D eigenvalue weighted by Crippen LogP contribution is -2.43. The fourth-order valence-electron chi connectivity index (χ4n) is 5.45. The molecule has 1 aliphatic heterocycles. The molecule has 184 valence electrons. The molecule has 1 unspecified atom stereocenters. The van der Waals surface area contributed by atoms with Crippen LogP contribution in [-0.4, -0.2) is 30.5 Å². The average molecular weight is 475 g/mol. The number of carbonyl (C=O) groups excluding carboxylic acids is 3. The largest absolute Gasteiger partial charge is 0.341 e. The van der Waals surface area contributed by atoms with Crippen LogP contribution < -0.4 is 15.6 Å². The van der Waals surface area contributed by atoms with Gasteiger partial charge in [0, 0.05) is 12.7 Å². The van der Waals surface area contributed by atoms with Gasteiger partial charge in [0.05, 0.1) is 17.2 Å². The van der Waals surface area contributed by atoms with E-state index in [1.165, 1.54) is 6.42 Å². The van der Waals surface area contributed by atoms with E-state index in [4.69, 9.17) is 0 Å². The molecule has 0 radical (unpaired) electrons. The van der Waals surface area contributed by atoms with Crippen molar-refractivity contribution in [2.24, 2.45) is 11.0 Å². The highest BCUT2D eigenvalue weighted by molar-refractivity contribution is 6.35. The van der Waals surface area contributed by atoms with E-state index in [1.807, 2.05) is 62.5 Å². The smallest absolute Gasteiger partial charge is 0.329 e. The number of nitrogens with one attached hydrogen (secondary N) is 2. The number of nitrogens with zero attached hydrogens (tertiary/aromatic N) is 2. The van der Waals surface area contributed by atoms with Crippen molar-refractivity contribution in [3.8, 4) is 0 Å². The van der Waals surface area contributed by atoms with Crippen LogP contribution in [0.1, 0.15) is 75.6 Å². The van der Waals surface area contributed by atoms with Crippen LogP contribution in [0, 0.1) is 5.92 Å². The van der Waals surface area contributed by atoms with E-state index in [0.717, 1.165) is 48.1 Å². The van der Waals surface area contributed by atoms with Gasteiger partial charge in [-0.15, -0.1) is 0 Å². The van der Waals surface area contributed by atoms with E-state index in [0.29, 0.717) is 11.6 Å². The molecule has 1 heterocycles. The van der Waals surface area contributed by atoms with Crippen molar-refractivity contribution in [3.05, 3.63) is 65.2 Å². The van der Waals surface area contributed by atoms with Crippen LogP contribution in [0.2, 0.25) is 0 Å². The first-order valence-corrected chi connectivity index (χ1v) is 12.4. The zero-order chi connectivity index (χ0) is 25.2. The Bertz CT molecular complexity index is 1150. The standard InChI is InChI=1S/C28H34N4O3/c1-18(20-11-7-5-8-12-20)29-25(33)26(34)31-30-19(2)21-15-16-24-23(17-21)28(3,27(35)32(24)4)22-13-9-6-10-14-22/h5,7-8,11-12,15-18,22H,6,9-10,13-14H2,1-4H3,(H,29,33)(H,31,34)/b30-19+/t18?,28-/m1/s1. The SMILES string of the molecule is C/C(=N\NC(=O)C(=O)NC(C)c1ccccc1)c1ccc2c(c1)[C@@](C)(C1CCCCC1)C(=O)N2C. The maximum absolute atomic E-state index is 13.3. The van der Waals surface area contributed by atoms with E-state index in [2.05, 4.69) is 22.8 Å². The number of hydrogen-bond donors (Lipinski definition) is 2. The summed E-state index contributed by atoms with van der Waals surface area (Å²) in [7, 11) is 1.84. The van der Waals surface area contributed by atoms with Gasteiger partial charge in [0.15, 0.2) is 0 Å². The molecule has 7 heteroatoms. The van der Waals surface area contributed by atoms with Crippen LogP contribution in [0.25, 0.3) is 0 Å². The Hall–Kier alpha value is -3.48. The summed E-state index contributed by atoms with van der Waals surface area (Å²) in [5, 5.41) is 6.86. The number of hydrogen-bond acceptors (Lipinski definition) is 4. The third-order valence-corrected chi connectivity index (χ3v) is 7.68. The highest BCUT2D eigenvalue weighted by atomic mass is 16.2. The van der Waals surface area contributed by atoms with Crippen molar-refractivity contribution < 1.29 is 14.4 Å². The molecule has 2 atom stereocenters. The molecule has 0 aromatic heterocycles. The Labute approximate surface area is 207 Å². The summed E-state index contributed by atoms with van der Waals surface area (Å²) in [6.07, 6.45) is 5.65. The third kappa shape index (κ3) is 4.72. The van der Waals surface area contributed by atoms with Crippen molar-refractivity contribution in [2.75, 3.05) is 11.9 Å². The monoisotopic (exact) mass is 474 g/mol. The van der Waals surface area contributed by atoms with Gasteiger partial charge in [0.1, 0.15) is 0 Å². The van der Waals surface area contributed by atoms with Gasteiger partial charge in [-0.05, 0) is 68.4 Å². The van der Waals surface area contributed by atoms with Crippen LogP contribution in [0.5, 0.6) is 0 Å². The van der Waals surface area contributed by atoms with Gasteiger partial charge in [-0.3, -0.25) is 14.4 Å². The second kappa shape index (κ2) is 10.0. The van der Waals surface area contributed by atoms with Crippen molar-refractivity contribution >= 4 is 29.1 Å². The Morgan fingerprint density at radius 1 is 1.06 bits per heavy atom. The van der Waals surface area contributed by atoms with E-state index in [9.17, 15) is 14.4 Å². The van der Waals surface area contributed by atoms with Gasteiger partial charge in [-0.2, -0.15) is 5.10 Å². The molecule has 1 saturated carbocycles. The number of carbonyl (C=O) groups is 3. The average Bonchev–Trinajstić information content (AvgIpc) is 3.09. The highest BCUT2D eigenvalue weighted by Gasteiger charge is 2.51. The first kappa shape index (κ1) is 24.6. The Morgan fingerprint density at radius 3 is 2.43 bits per heavy atom. The topological polar surface area (TPSA) is 90.9 Å². The molecule has 3 amide bonds. The molecule has 0 bridgehead atoms. The molecule has 2 N–H and O–H groups in total. The molecule has 35 heavy (non-hydrogen) atoms. The maximum atomic E-state index is 13.3. The maximum Gasteiger partial charge on any atom is 0.329 e. The van der Waals surface area contributed by atoms with E-state index >= 15 is 0 Å². The molecule has 4 rings (SSSR count). The van der Waals surface area contributed by atoms with E-state index in [-0.39, 0.29) is 11.9 Å². The predicted molar refractivity (Wildman–Crippen MR) is 137 cm³/mol. The minimum Gasteiger partial charge on any atom is -0.341 e. The summed E-state index contributed by atoms with van der Waals surface area (Å²) < 4.78 is 0. The summed E-state index contributed by atoms with van der Waals surface area (Å²) in [5.74, 6) is -1.11. The molecule has 2 aromatic rings. The van der Waals surface area contributed by atoms with Crippen LogP contribution in [-0.2, 0) is 19.8 Å². The fraction of sp³-hybridized carbons (Fsp3) is 0.429. The van der Waals surface area contributed by atoms with Gasteiger partial charge < -0.3 is 10.2 Å². The lowest BCUT2D eigenvalue weighted by atomic mass is 9.66. The summed E-state index contributed by atoms with van der Waals surface area (Å²) in [6.45, 7) is 5.68. The fourth-order valence-corrected chi connectivity index (χ4v) is 5.45. The Morgan fingerprint density at radius 2 is 1.74 bits per heavy atom. The van der Waals surface area contributed by atoms with Crippen molar-refractivity contribution in [3.63, 3.8) is 0 Å². The van der Waals surface area contributed by atoms with Crippen molar-refractivity contribution in [2.45, 2.75) is 64.3 Å². The second-order valence-corrected chi connectivity index (χ2v) is 9.88. The number of benzene rings is 2. The molecule has 7 nitrogen and oxygen atoms in total. The highest BCUT2D eigenvalue weighted by Crippen LogP contribution is 2.50. The number of hydrazone groups is 1. The molecular weight excluding hydrogens is 440 g/mol. The van der Waals surface area contributed by atoms with E-state index < -0.39 is 17.2 Å². The number of anilines is 1. The summed E-state index contributed by atoms with van der Waals surface area (Å²) in [5.41, 5.74) is 6.04. The summed E-state index contributed by atoms with van der Waals surface area (Å²) >= 11 is 0. The van der Waals surface area contributed by atoms with Gasteiger partial charge >= 0.3 is 11.8 Å². The number of rotatable bonds is 5. The van der Waals surface area contributed by atoms with Gasteiger partial charge in [0.2, 0.25) is 5.91 Å². The van der Waals surface area contributed by atoms with Crippen LogP contribution in [0.15, 0.2) is 53.6 Å². The van der Waals surface area contributed by atoms with Crippen LogP contribution >= 0.6 is 0 Å². The lowest BCUT2D eigenvalue weighted by molar-refractivity contribution is -0.139. The summed E-state index contributed by atoms with van der Waals surface area (Å²) in [4.78, 5) is 39.8. The molecule has 0 saturated heterocycles. The first-order chi connectivity index (χ1) is 16.7. The van der Waals surface area contributed by atoms with Crippen molar-refractivity contribution in [1.29, 1.82) is 0 Å². The second-order valence-electron chi connectivity index (χ2n) is 9.88. The van der Waals surface area contributed by atoms with Crippen LogP contribution in [0.3, 0.4) is 0 Å². The van der Waals surface area contributed by atoms with Crippen molar-refractivity contribution in [1.82, 2.24) is 10.7 Å². The third-order valence-electron chi connectivity index (χ3n) is 7.68.